The minimum Gasteiger partial charge on any atom is -0.493 e. The summed E-state index contributed by atoms with van der Waals surface area (Å²) in [7, 11) is 1.64. The first-order chi connectivity index (χ1) is 13.6. The molecule has 1 N–H and O–H groups in total. The van der Waals surface area contributed by atoms with E-state index < -0.39 is 0 Å². The van der Waals surface area contributed by atoms with Crippen LogP contribution in [0.3, 0.4) is 0 Å². The molecule has 6 heteroatoms. The third-order valence-electron chi connectivity index (χ3n) is 5.84. The van der Waals surface area contributed by atoms with Crippen LogP contribution in [0.1, 0.15) is 24.0 Å². The minimum atomic E-state index is 0.340. The zero-order valence-corrected chi connectivity index (χ0v) is 17.6. The Morgan fingerprint density at radius 1 is 1.11 bits per heavy atom. The molecule has 150 valence electrons. The molecule has 0 spiro atoms. The minimum absolute atomic E-state index is 0.340. The highest BCUT2D eigenvalue weighted by Crippen LogP contribution is 2.37. The molecule has 0 saturated carbocycles. The first kappa shape index (κ1) is 19.8. The van der Waals surface area contributed by atoms with Crippen LogP contribution in [0.2, 0.25) is 10.0 Å². The van der Waals surface area contributed by atoms with Gasteiger partial charge in [-0.15, -0.1) is 0 Å². The number of hydrogen-bond donors (Lipinski definition) is 1. The fraction of sp³-hybridized carbons (Fsp3) is 0.455. The van der Waals surface area contributed by atoms with Crippen molar-refractivity contribution in [3.63, 3.8) is 0 Å². The number of rotatable bonds is 7. The highest BCUT2D eigenvalue weighted by Gasteiger charge is 2.33. The molecule has 3 fully saturated rings. The van der Waals surface area contributed by atoms with Crippen molar-refractivity contribution in [2.75, 3.05) is 26.7 Å². The van der Waals surface area contributed by atoms with Crippen LogP contribution in [-0.2, 0) is 13.2 Å². The van der Waals surface area contributed by atoms with Gasteiger partial charge in [0.15, 0.2) is 11.5 Å². The molecule has 3 saturated heterocycles. The van der Waals surface area contributed by atoms with Crippen molar-refractivity contribution in [1.82, 2.24) is 10.2 Å². The molecule has 4 nitrogen and oxygen atoms in total. The van der Waals surface area contributed by atoms with Gasteiger partial charge in [0, 0.05) is 29.7 Å². The van der Waals surface area contributed by atoms with Gasteiger partial charge in [-0.05, 0) is 55.6 Å². The second-order valence-electron chi connectivity index (χ2n) is 7.61. The fourth-order valence-corrected chi connectivity index (χ4v) is 4.70. The molecule has 2 bridgehead atoms. The van der Waals surface area contributed by atoms with Crippen LogP contribution in [-0.4, -0.2) is 37.7 Å². The van der Waals surface area contributed by atoms with Gasteiger partial charge in [0.1, 0.15) is 6.61 Å². The topological polar surface area (TPSA) is 33.7 Å². The number of methoxy groups -OCH3 is 1. The summed E-state index contributed by atoms with van der Waals surface area (Å²) in [6.07, 6.45) is 2.60. The highest BCUT2D eigenvalue weighted by molar-refractivity contribution is 6.32. The van der Waals surface area contributed by atoms with E-state index in [0.717, 1.165) is 30.1 Å². The van der Waals surface area contributed by atoms with Gasteiger partial charge in [-0.2, -0.15) is 0 Å². The van der Waals surface area contributed by atoms with Gasteiger partial charge in [-0.25, -0.2) is 0 Å². The van der Waals surface area contributed by atoms with Gasteiger partial charge in [0.05, 0.1) is 12.1 Å². The Bertz CT molecular complexity index is 822. The maximum atomic E-state index is 6.53. The van der Waals surface area contributed by atoms with Gasteiger partial charge >= 0.3 is 0 Å². The van der Waals surface area contributed by atoms with Gasteiger partial charge in [-0.1, -0.05) is 41.4 Å². The third-order valence-corrected chi connectivity index (χ3v) is 6.49. The molecule has 5 rings (SSSR count). The monoisotopic (exact) mass is 420 g/mol. The molecule has 0 unspecified atom stereocenters. The Morgan fingerprint density at radius 2 is 1.89 bits per heavy atom. The van der Waals surface area contributed by atoms with Crippen molar-refractivity contribution in [2.45, 2.75) is 32.0 Å². The maximum Gasteiger partial charge on any atom is 0.180 e. The van der Waals surface area contributed by atoms with E-state index in [0.29, 0.717) is 34.2 Å². The number of benzene rings is 2. The van der Waals surface area contributed by atoms with Crippen molar-refractivity contribution in [2.24, 2.45) is 5.92 Å². The summed E-state index contributed by atoms with van der Waals surface area (Å²) >= 11 is 12.7. The normalized spacial score (nSPS) is 23.6. The second kappa shape index (κ2) is 8.91. The number of fused-ring (bicyclic) bond motifs is 3. The van der Waals surface area contributed by atoms with E-state index in [1.54, 1.807) is 7.11 Å². The summed E-state index contributed by atoms with van der Waals surface area (Å²) in [6, 6.07) is 12.1. The molecule has 2 aromatic carbocycles. The molecule has 2 aromatic rings. The van der Waals surface area contributed by atoms with Crippen LogP contribution >= 0.6 is 23.2 Å². The van der Waals surface area contributed by atoms with Gasteiger partial charge in [0.25, 0.3) is 0 Å². The zero-order valence-electron chi connectivity index (χ0n) is 16.1. The summed E-state index contributed by atoms with van der Waals surface area (Å²) in [6.45, 7) is 4.76. The highest BCUT2D eigenvalue weighted by atomic mass is 35.5. The Morgan fingerprint density at radius 3 is 2.57 bits per heavy atom. The van der Waals surface area contributed by atoms with E-state index in [9.17, 15) is 0 Å². The van der Waals surface area contributed by atoms with Crippen LogP contribution in [0, 0.1) is 5.92 Å². The third kappa shape index (κ3) is 4.41. The molecule has 28 heavy (non-hydrogen) atoms. The van der Waals surface area contributed by atoms with E-state index >= 15 is 0 Å². The van der Waals surface area contributed by atoms with Crippen molar-refractivity contribution >= 4 is 23.2 Å². The molecule has 0 aliphatic carbocycles. The number of nitrogens with one attached hydrogen (secondary N) is 1. The molecule has 0 amide bonds. The molecular formula is C22H26Cl2N2O2. The Hall–Kier alpha value is -1.46. The van der Waals surface area contributed by atoms with Crippen molar-refractivity contribution in [1.29, 1.82) is 0 Å². The van der Waals surface area contributed by atoms with E-state index in [-0.39, 0.29) is 0 Å². The summed E-state index contributed by atoms with van der Waals surface area (Å²) in [5.41, 5.74) is 2.01. The molecule has 0 aromatic heterocycles. The first-order valence-electron chi connectivity index (χ1n) is 9.82. The van der Waals surface area contributed by atoms with E-state index in [1.807, 2.05) is 36.4 Å². The standard InChI is InChI=1S/C22H26Cl2N2O2/c1-27-21-11-15(12-25-20-13-26-8-6-16(20)7-9-26)10-19(24)22(21)28-14-17-4-2-3-5-18(17)23/h2-5,10-11,16,20,25H,6-9,12-14H2,1H3/t20-/m1/s1. The molecule has 3 aliphatic heterocycles. The lowest BCUT2D eigenvalue weighted by Gasteiger charge is -2.45. The summed E-state index contributed by atoms with van der Waals surface area (Å²) < 4.78 is 11.5. The predicted octanol–water partition coefficient (Wildman–Crippen LogP) is 4.76. The van der Waals surface area contributed by atoms with E-state index in [2.05, 4.69) is 10.2 Å². The predicted molar refractivity (Wildman–Crippen MR) is 114 cm³/mol. The van der Waals surface area contributed by atoms with Gasteiger partial charge in [-0.3, -0.25) is 0 Å². The van der Waals surface area contributed by atoms with Gasteiger partial charge in [0.2, 0.25) is 0 Å². The average molecular weight is 421 g/mol. The molecule has 3 heterocycles. The maximum absolute atomic E-state index is 6.53. The summed E-state index contributed by atoms with van der Waals surface area (Å²) in [5.74, 6) is 1.99. The lowest BCUT2D eigenvalue weighted by atomic mass is 9.84. The van der Waals surface area contributed by atoms with Crippen LogP contribution in [0.15, 0.2) is 36.4 Å². The van der Waals surface area contributed by atoms with Crippen molar-refractivity contribution in [3.8, 4) is 11.5 Å². The lowest BCUT2D eigenvalue weighted by molar-refractivity contribution is 0.0720. The Balaban J connectivity index is 1.42. The largest absolute Gasteiger partial charge is 0.493 e. The number of piperidine rings is 3. The fourth-order valence-electron chi connectivity index (χ4n) is 4.23. The summed E-state index contributed by atoms with van der Waals surface area (Å²) in [5, 5.41) is 4.95. The van der Waals surface area contributed by atoms with E-state index in [4.69, 9.17) is 32.7 Å². The second-order valence-corrected chi connectivity index (χ2v) is 8.43. The van der Waals surface area contributed by atoms with Crippen LogP contribution in [0.5, 0.6) is 11.5 Å². The molecular weight excluding hydrogens is 395 g/mol. The number of ether oxygens (including phenoxy) is 2. The first-order valence-corrected chi connectivity index (χ1v) is 10.6. The number of halogens is 2. The SMILES string of the molecule is COc1cc(CN[C@@H]2CN3CCC2CC3)cc(Cl)c1OCc1ccccc1Cl. The van der Waals surface area contributed by atoms with Crippen molar-refractivity contribution in [3.05, 3.63) is 57.6 Å². The van der Waals surface area contributed by atoms with E-state index in [1.165, 1.54) is 25.9 Å². The van der Waals surface area contributed by atoms with Crippen LogP contribution < -0.4 is 14.8 Å². The Kier molecular flexibility index (Phi) is 6.32. The zero-order chi connectivity index (χ0) is 19.5. The number of nitrogens with zero attached hydrogens (tertiary/aromatic N) is 1. The van der Waals surface area contributed by atoms with Gasteiger partial charge < -0.3 is 19.7 Å². The smallest absolute Gasteiger partial charge is 0.180 e. The Labute approximate surface area is 176 Å². The van der Waals surface area contributed by atoms with Crippen LogP contribution in [0.4, 0.5) is 0 Å². The van der Waals surface area contributed by atoms with Crippen LogP contribution in [0.25, 0.3) is 0 Å². The molecule has 0 radical (unpaired) electrons. The van der Waals surface area contributed by atoms with Crippen molar-refractivity contribution < 1.29 is 9.47 Å². The quantitative estimate of drug-likeness (QED) is 0.699. The molecule has 1 atom stereocenters. The lowest BCUT2D eigenvalue weighted by Crippen LogP contribution is -2.55. The average Bonchev–Trinajstić information content (AvgIpc) is 2.73. The molecule has 3 aliphatic rings. The summed E-state index contributed by atoms with van der Waals surface area (Å²) in [4.78, 5) is 2.55. The number of hydrogen-bond acceptors (Lipinski definition) is 4.